The van der Waals surface area contributed by atoms with E-state index in [1.807, 2.05) is 60.7 Å². The fourth-order valence-electron chi connectivity index (χ4n) is 6.49. The van der Waals surface area contributed by atoms with Gasteiger partial charge in [-0.2, -0.15) is 0 Å². The second kappa shape index (κ2) is 21.7. The molecule has 0 bridgehead atoms. The molecule has 0 saturated carbocycles. The van der Waals surface area contributed by atoms with Gasteiger partial charge in [-0.3, -0.25) is 14.4 Å². The third-order valence-electron chi connectivity index (χ3n) is 9.91. The van der Waals surface area contributed by atoms with Gasteiger partial charge in [-0.1, -0.05) is 85.8 Å². The Morgan fingerprint density at radius 2 is 1.38 bits per heavy atom. The summed E-state index contributed by atoms with van der Waals surface area (Å²) in [5.41, 5.74) is -0.303. The van der Waals surface area contributed by atoms with Gasteiger partial charge in [0, 0.05) is 13.0 Å². The molecule has 1 aliphatic heterocycles. The molecule has 1 aliphatic rings. The quantitative estimate of drug-likeness (QED) is 0.0789. The van der Waals surface area contributed by atoms with Crippen molar-refractivity contribution in [3.05, 3.63) is 108 Å². The smallest absolute Gasteiger partial charge is 0.408 e. The Morgan fingerprint density at radius 1 is 0.759 bits per heavy atom. The number of carbonyl (C=O) groups excluding carboxylic acids is 6. The SMILES string of the molecule is CC[C@](C)(NC(=O)[C@H](CCCCOC(=O)c1ccccc1)NC(=O)OC(C)(C)C)C(=O)N[C@@H](Cc1ccccc1)C(=O)N1CCCC[C@@H]1C(=O)OCc1ccccc1. The third kappa shape index (κ3) is 14.0. The van der Waals surface area contributed by atoms with E-state index in [2.05, 4.69) is 16.0 Å². The van der Waals surface area contributed by atoms with E-state index in [9.17, 15) is 28.8 Å². The average Bonchev–Trinajstić information content (AvgIpc) is 3.21. The lowest BCUT2D eigenvalue weighted by Gasteiger charge is -2.38. The molecule has 0 aliphatic carbocycles. The first kappa shape index (κ1) is 45.0. The fourth-order valence-corrected chi connectivity index (χ4v) is 6.49. The predicted molar refractivity (Wildman–Crippen MR) is 218 cm³/mol. The van der Waals surface area contributed by atoms with E-state index in [0.717, 1.165) is 17.5 Å². The van der Waals surface area contributed by atoms with Crippen LogP contribution in [0.2, 0.25) is 0 Å². The molecule has 4 amide bonds. The second-order valence-electron chi connectivity index (χ2n) is 15.7. The molecule has 3 aromatic carbocycles. The van der Waals surface area contributed by atoms with Crippen molar-refractivity contribution in [3.63, 3.8) is 0 Å². The van der Waals surface area contributed by atoms with Gasteiger partial charge in [0.1, 0.15) is 35.9 Å². The molecule has 13 heteroatoms. The molecular weight excluding hydrogens is 741 g/mol. The lowest BCUT2D eigenvalue weighted by Crippen LogP contribution is -2.64. The van der Waals surface area contributed by atoms with Crippen molar-refractivity contribution in [2.45, 2.75) is 122 Å². The normalized spacial score (nSPS) is 16.1. The number of nitrogens with zero attached hydrogens (tertiary/aromatic N) is 1. The molecule has 13 nitrogen and oxygen atoms in total. The van der Waals surface area contributed by atoms with E-state index >= 15 is 0 Å². The van der Waals surface area contributed by atoms with Crippen LogP contribution in [0.3, 0.4) is 0 Å². The zero-order valence-electron chi connectivity index (χ0n) is 34.3. The zero-order valence-corrected chi connectivity index (χ0v) is 34.3. The van der Waals surface area contributed by atoms with Gasteiger partial charge in [0.25, 0.3) is 0 Å². The summed E-state index contributed by atoms with van der Waals surface area (Å²) in [4.78, 5) is 82.8. The van der Waals surface area contributed by atoms with Crippen LogP contribution in [-0.2, 0) is 46.4 Å². The number of nitrogens with one attached hydrogen (secondary N) is 3. The topological polar surface area (TPSA) is 169 Å². The number of alkyl carbamates (subject to hydrolysis) is 1. The van der Waals surface area contributed by atoms with Crippen LogP contribution in [0, 0.1) is 0 Å². The Kier molecular flexibility index (Phi) is 16.8. The lowest BCUT2D eigenvalue weighted by atomic mass is 9.94. The Labute approximate surface area is 341 Å². The number of hydrogen-bond donors (Lipinski definition) is 3. The van der Waals surface area contributed by atoms with Crippen molar-refractivity contribution >= 4 is 35.8 Å². The second-order valence-corrected chi connectivity index (χ2v) is 15.7. The summed E-state index contributed by atoms with van der Waals surface area (Å²) in [7, 11) is 0. The van der Waals surface area contributed by atoms with Crippen LogP contribution in [-0.4, -0.2) is 83.1 Å². The molecule has 0 radical (unpaired) electrons. The summed E-state index contributed by atoms with van der Waals surface area (Å²) in [6, 6.07) is 24.1. The molecule has 3 aromatic rings. The molecular formula is C45H58N4O9. The van der Waals surface area contributed by atoms with Gasteiger partial charge in [0.2, 0.25) is 17.7 Å². The van der Waals surface area contributed by atoms with Gasteiger partial charge in [-0.05, 0) is 95.9 Å². The summed E-state index contributed by atoms with van der Waals surface area (Å²) in [6.07, 6.45) is 2.28. The number of likely N-dealkylation sites (tertiary alicyclic amines) is 1. The Bertz CT molecular complexity index is 1820. The molecule has 1 saturated heterocycles. The number of carbonyl (C=O) groups is 6. The van der Waals surface area contributed by atoms with Gasteiger partial charge >= 0.3 is 18.0 Å². The minimum atomic E-state index is -1.51. The number of piperidine rings is 1. The molecule has 0 aromatic heterocycles. The van der Waals surface area contributed by atoms with Gasteiger partial charge < -0.3 is 35.1 Å². The lowest BCUT2D eigenvalue weighted by molar-refractivity contribution is -0.159. The van der Waals surface area contributed by atoms with E-state index in [1.54, 1.807) is 65.0 Å². The summed E-state index contributed by atoms with van der Waals surface area (Å²) < 4.78 is 16.5. The monoisotopic (exact) mass is 798 g/mol. The number of unbranched alkanes of at least 4 members (excludes halogenated alkanes) is 1. The summed E-state index contributed by atoms with van der Waals surface area (Å²) in [5, 5.41) is 8.39. The van der Waals surface area contributed by atoms with Crippen LogP contribution in [0.25, 0.3) is 0 Å². The summed E-state index contributed by atoms with van der Waals surface area (Å²) in [5.74, 6) is -2.64. The van der Waals surface area contributed by atoms with Crippen LogP contribution >= 0.6 is 0 Å². The fraction of sp³-hybridized carbons (Fsp3) is 0.467. The standard InChI is InChI=1S/C45H58N4O9/c1-6-45(5,48-38(50)35(47-43(55)58-44(2,3)4)26-17-19-29-56-40(52)34-24-14-9-15-25-34)42(54)46-36(30-32-20-10-7-11-21-32)39(51)49-28-18-16-27-37(49)41(53)57-31-33-22-12-8-13-23-33/h7-15,20-25,35-37H,6,16-19,26-31H2,1-5H3,(H,46,54)(H,47,55)(H,48,50)/t35-,36-,37+,45-/m0/s1. The number of benzene rings is 3. The maximum Gasteiger partial charge on any atom is 0.408 e. The minimum Gasteiger partial charge on any atom is -0.462 e. The van der Waals surface area contributed by atoms with E-state index in [4.69, 9.17) is 14.2 Å². The summed E-state index contributed by atoms with van der Waals surface area (Å²) >= 11 is 0. The van der Waals surface area contributed by atoms with Crippen LogP contribution in [0.4, 0.5) is 4.79 Å². The first-order valence-electron chi connectivity index (χ1n) is 20.1. The summed E-state index contributed by atoms with van der Waals surface area (Å²) in [6.45, 7) is 8.88. The van der Waals surface area contributed by atoms with Crippen molar-refractivity contribution in [1.29, 1.82) is 0 Å². The van der Waals surface area contributed by atoms with Crippen molar-refractivity contribution in [3.8, 4) is 0 Å². The highest BCUT2D eigenvalue weighted by molar-refractivity contribution is 5.97. The van der Waals surface area contributed by atoms with Crippen molar-refractivity contribution in [2.24, 2.45) is 0 Å². The average molecular weight is 799 g/mol. The van der Waals surface area contributed by atoms with Crippen LogP contribution in [0.1, 0.15) is 101 Å². The number of ether oxygens (including phenoxy) is 3. The number of amides is 4. The maximum atomic E-state index is 14.4. The van der Waals surface area contributed by atoms with E-state index in [1.165, 1.54) is 4.90 Å². The minimum absolute atomic E-state index is 0.0719. The molecule has 4 atom stereocenters. The van der Waals surface area contributed by atoms with Gasteiger partial charge in [0.15, 0.2) is 0 Å². The third-order valence-corrected chi connectivity index (χ3v) is 9.91. The molecule has 0 spiro atoms. The van der Waals surface area contributed by atoms with Crippen molar-refractivity contribution < 1.29 is 43.0 Å². The zero-order chi connectivity index (χ0) is 42.1. The predicted octanol–water partition coefficient (Wildman–Crippen LogP) is 6.04. The van der Waals surface area contributed by atoms with Gasteiger partial charge in [0.05, 0.1) is 12.2 Å². The van der Waals surface area contributed by atoms with Crippen LogP contribution < -0.4 is 16.0 Å². The number of esters is 2. The molecule has 1 fully saturated rings. The van der Waals surface area contributed by atoms with E-state index < -0.39 is 65.0 Å². The molecule has 1 heterocycles. The highest BCUT2D eigenvalue weighted by Gasteiger charge is 2.41. The molecule has 3 N–H and O–H groups in total. The Hall–Kier alpha value is -5.72. The Balaban J connectivity index is 1.47. The van der Waals surface area contributed by atoms with Crippen LogP contribution in [0.15, 0.2) is 91.0 Å². The van der Waals surface area contributed by atoms with Crippen molar-refractivity contribution in [1.82, 2.24) is 20.9 Å². The highest BCUT2D eigenvalue weighted by atomic mass is 16.6. The number of rotatable bonds is 18. The van der Waals surface area contributed by atoms with Gasteiger partial charge in [-0.25, -0.2) is 14.4 Å². The maximum absolute atomic E-state index is 14.4. The molecule has 312 valence electrons. The molecule has 58 heavy (non-hydrogen) atoms. The molecule has 4 rings (SSSR count). The largest absolute Gasteiger partial charge is 0.462 e. The highest BCUT2D eigenvalue weighted by Crippen LogP contribution is 2.22. The first-order valence-corrected chi connectivity index (χ1v) is 20.1. The van der Waals surface area contributed by atoms with Crippen LogP contribution in [0.5, 0.6) is 0 Å². The molecule has 0 unspecified atom stereocenters. The van der Waals surface area contributed by atoms with Gasteiger partial charge in [-0.15, -0.1) is 0 Å². The number of hydrogen-bond acceptors (Lipinski definition) is 9. The van der Waals surface area contributed by atoms with E-state index in [-0.39, 0.29) is 32.5 Å². The van der Waals surface area contributed by atoms with Crippen molar-refractivity contribution in [2.75, 3.05) is 13.2 Å². The van der Waals surface area contributed by atoms with E-state index in [0.29, 0.717) is 37.8 Å². The first-order chi connectivity index (χ1) is 27.7. The Morgan fingerprint density at radius 3 is 2.00 bits per heavy atom.